The minimum Gasteiger partial charge on any atom is -0.445 e. The molecule has 0 unspecified atom stereocenters. The summed E-state index contributed by atoms with van der Waals surface area (Å²) in [5.74, 6) is 0.177. The van der Waals surface area contributed by atoms with E-state index in [1.165, 1.54) is 12.1 Å². The van der Waals surface area contributed by atoms with E-state index in [9.17, 15) is 8.42 Å². The Balaban J connectivity index is 2.36. The van der Waals surface area contributed by atoms with Crippen LogP contribution < -0.4 is 4.72 Å². The van der Waals surface area contributed by atoms with Crippen LogP contribution in [0.1, 0.15) is 11.3 Å². The number of anilines is 1. The first-order valence-corrected chi connectivity index (χ1v) is 7.27. The molecule has 0 saturated heterocycles. The zero-order valence-corrected chi connectivity index (χ0v) is 11.6. The van der Waals surface area contributed by atoms with E-state index in [4.69, 9.17) is 21.1 Å². The van der Waals surface area contributed by atoms with Crippen LogP contribution in [0.3, 0.4) is 0 Å². The number of para-hydroxylation sites is 1. The van der Waals surface area contributed by atoms with Crippen molar-refractivity contribution in [1.29, 1.82) is 0 Å². The first-order valence-electron chi connectivity index (χ1n) is 5.41. The zero-order valence-electron chi connectivity index (χ0n) is 10.1. The highest BCUT2D eigenvalue weighted by Gasteiger charge is 2.20. The molecule has 0 bridgehead atoms. The molecule has 2 N–H and O–H groups in total. The van der Waals surface area contributed by atoms with Crippen molar-refractivity contribution < 1.29 is 17.9 Å². The maximum atomic E-state index is 12.1. The monoisotopic (exact) mass is 301 g/mol. The van der Waals surface area contributed by atoms with Gasteiger partial charge in [0.2, 0.25) is 5.09 Å². The van der Waals surface area contributed by atoms with Crippen molar-refractivity contribution in [3.8, 4) is 0 Å². The van der Waals surface area contributed by atoms with Gasteiger partial charge in [0.1, 0.15) is 12.4 Å². The first-order chi connectivity index (χ1) is 8.94. The van der Waals surface area contributed by atoms with Crippen LogP contribution in [-0.4, -0.2) is 13.5 Å². The molecule has 0 spiro atoms. The minimum absolute atomic E-state index is 0.177. The fourth-order valence-corrected chi connectivity index (χ4v) is 2.96. The predicted octanol–water partition coefficient (Wildman–Crippen LogP) is 2.53. The van der Waals surface area contributed by atoms with Crippen molar-refractivity contribution in [2.24, 2.45) is 0 Å². The molecule has 19 heavy (non-hydrogen) atoms. The molecule has 1 aromatic carbocycles. The molecule has 0 aliphatic carbocycles. The summed E-state index contributed by atoms with van der Waals surface area (Å²) in [4.78, 5) is 0. The van der Waals surface area contributed by atoms with Gasteiger partial charge in [-0.3, -0.25) is 4.72 Å². The van der Waals surface area contributed by atoms with E-state index in [0.29, 0.717) is 16.3 Å². The lowest BCUT2D eigenvalue weighted by Crippen LogP contribution is -2.13. The van der Waals surface area contributed by atoms with Gasteiger partial charge in [-0.15, -0.1) is 0 Å². The molecule has 0 atom stereocenters. The molecule has 0 aliphatic rings. The van der Waals surface area contributed by atoms with Crippen LogP contribution in [0.15, 0.2) is 39.8 Å². The Morgan fingerprint density at radius 1 is 1.32 bits per heavy atom. The normalized spacial score (nSPS) is 11.5. The Morgan fingerprint density at radius 2 is 2.05 bits per heavy atom. The molecule has 1 heterocycles. The molecule has 0 radical (unpaired) electrons. The number of aryl methyl sites for hydroxylation is 1. The second-order valence-electron chi connectivity index (χ2n) is 3.92. The van der Waals surface area contributed by atoms with E-state index in [2.05, 4.69) is 4.72 Å². The molecule has 0 amide bonds. The summed E-state index contributed by atoms with van der Waals surface area (Å²) in [6.45, 7) is 1.38. The number of hydrogen-bond acceptors (Lipinski definition) is 4. The number of aliphatic hydroxyl groups is 1. The number of benzene rings is 1. The van der Waals surface area contributed by atoms with Crippen molar-refractivity contribution in [3.05, 3.63) is 46.7 Å². The van der Waals surface area contributed by atoms with Crippen molar-refractivity contribution >= 4 is 27.3 Å². The van der Waals surface area contributed by atoms with Gasteiger partial charge >= 0.3 is 0 Å². The summed E-state index contributed by atoms with van der Waals surface area (Å²) in [5, 5.41) is 8.90. The van der Waals surface area contributed by atoms with Crippen molar-refractivity contribution in [2.45, 2.75) is 18.6 Å². The quantitative estimate of drug-likeness (QED) is 0.909. The van der Waals surface area contributed by atoms with Crippen LogP contribution in [0.5, 0.6) is 0 Å². The number of nitrogens with one attached hydrogen (secondary N) is 1. The Morgan fingerprint density at radius 3 is 2.63 bits per heavy atom. The smallest absolute Gasteiger partial charge is 0.295 e. The summed E-state index contributed by atoms with van der Waals surface area (Å²) in [6.07, 6.45) is 0. The van der Waals surface area contributed by atoms with E-state index in [1.807, 2.05) is 0 Å². The third-order valence-corrected chi connectivity index (χ3v) is 4.05. The molecule has 2 rings (SSSR count). The van der Waals surface area contributed by atoms with Crippen LogP contribution in [0.2, 0.25) is 5.02 Å². The molecule has 102 valence electrons. The number of furan rings is 1. The average Bonchev–Trinajstić information content (AvgIpc) is 2.83. The van der Waals surface area contributed by atoms with E-state index >= 15 is 0 Å². The second-order valence-corrected chi connectivity index (χ2v) is 5.94. The van der Waals surface area contributed by atoms with E-state index in [-0.39, 0.29) is 17.5 Å². The lowest BCUT2D eigenvalue weighted by Gasteiger charge is -2.10. The number of halogens is 1. The molecule has 1 aromatic heterocycles. The minimum atomic E-state index is -3.86. The molecule has 5 nitrogen and oxygen atoms in total. The summed E-state index contributed by atoms with van der Waals surface area (Å²) < 4.78 is 31.6. The Hall–Kier alpha value is -1.50. The Labute approximate surface area is 115 Å². The Kier molecular flexibility index (Phi) is 3.84. The zero-order chi connectivity index (χ0) is 14.0. The van der Waals surface area contributed by atoms with Crippen LogP contribution >= 0.6 is 11.6 Å². The Bertz CT molecular complexity index is 673. The summed E-state index contributed by atoms with van der Waals surface area (Å²) in [6, 6.07) is 7.74. The molecular formula is C12H12ClNO4S. The van der Waals surface area contributed by atoms with Gasteiger partial charge in [-0.25, -0.2) is 0 Å². The van der Waals surface area contributed by atoms with E-state index in [0.717, 1.165) is 0 Å². The van der Waals surface area contributed by atoms with Gasteiger partial charge in [-0.2, -0.15) is 8.42 Å². The summed E-state index contributed by atoms with van der Waals surface area (Å²) in [5.41, 5.74) is 1.01. The van der Waals surface area contributed by atoms with Gasteiger partial charge in [0.25, 0.3) is 10.0 Å². The maximum Gasteiger partial charge on any atom is 0.295 e. The third kappa shape index (κ3) is 2.91. The van der Waals surface area contributed by atoms with E-state index < -0.39 is 10.0 Å². The van der Waals surface area contributed by atoms with Crippen LogP contribution in [0.4, 0.5) is 5.69 Å². The lowest BCUT2D eigenvalue weighted by molar-refractivity contribution is 0.236. The van der Waals surface area contributed by atoms with Gasteiger partial charge in [-0.1, -0.05) is 23.7 Å². The van der Waals surface area contributed by atoms with Gasteiger partial charge in [0, 0.05) is 0 Å². The van der Waals surface area contributed by atoms with Crippen molar-refractivity contribution in [1.82, 2.24) is 0 Å². The SMILES string of the molecule is Cc1cccc(Cl)c1NS(=O)(=O)c1ccc(CO)o1. The number of hydrogen-bond donors (Lipinski definition) is 2. The number of sulfonamides is 1. The van der Waals surface area contributed by atoms with Gasteiger partial charge < -0.3 is 9.52 Å². The van der Waals surface area contributed by atoms with Gasteiger partial charge in [-0.05, 0) is 30.7 Å². The third-order valence-electron chi connectivity index (χ3n) is 2.52. The van der Waals surface area contributed by atoms with Gasteiger partial charge in [0.15, 0.2) is 0 Å². The fourth-order valence-electron chi connectivity index (χ4n) is 1.53. The molecule has 7 heteroatoms. The predicted molar refractivity (Wildman–Crippen MR) is 71.6 cm³/mol. The van der Waals surface area contributed by atoms with Crippen molar-refractivity contribution in [2.75, 3.05) is 4.72 Å². The standard InChI is InChI=1S/C12H12ClNO4S/c1-8-3-2-4-10(13)12(8)14-19(16,17)11-6-5-9(7-15)18-11/h2-6,14-15H,7H2,1H3. The van der Waals surface area contributed by atoms with Crippen molar-refractivity contribution in [3.63, 3.8) is 0 Å². The number of aliphatic hydroxyl groups excluding tert-OH is 1. The molecule has 0 aliphatic heterocycles. The highest BCUT2D eigenvalue weighted by molar-refractivity contribution is 7.92. The molecule has 2 aromatic rings. The molecular weight excluding hydrogens is 290 g/mol. The molecule has 0 saturated carbocycles. The summed E-state index contributed by atoms with van der Waals surface area (Å²) in [7, 11) is -3.86. The first kappa shape index (κ1) is 13.9. The lowest BCUT2D eigenvalue weighted by atomic mass is 10.2. The number of rotatable bonds is 4. The van der Waals surface area contributed by atoms with E-state index in [1.54, 1.807) is 25.1 Å². The fraction of sp³-hybridized carbons (Fsp3) is 0.167. The molecule has 0 fully saturated rings. The topological polar surface area (TPSA) is 79.5 Å². The van der Waals surface area contributed by atoms with Crippen LogP contribution in [0, 0.1) is 6.92 Å². The largest absolute Gasteiger partial charge is 0.445 e. The second kappa shape index (κ2) is 5.24. The van der Waals surface area contributed by atoms with Crippen LogP contribution in [0.25, 0.3) is 0 Å². The maximum absolute atomic E-state index is 12.1. The average molecular weight is 302 g/mol. The highest BCUT2D eigenvalue weighted by Crippen LogP contribution is 2.28. The van der Waals surface area contributed by atoms with Gasteiger partial charge in [0.05, 0.1) is 10.7 Å². The van der Waals surface area contributed by atoms with Crippen LogP contribution in [-0.2, 0) is 16.6 Å². The highest BCUT2D eigenvalue weighted by atomic mass is 35.5. The summed E-state index contributed by atoms with van der Waals surface area (Å²) >= 11 is 5.96.